The van der Waals surface area contributed by atoms with Crippen LogP contribution in [0.5, 0.6) is 0 Å². The molecule has 1 aromatic rings. The largest absolute Gasteiger partial charge is 0.415 e. The van der Waals surface area contributed by atoms with E-state index in [1.165, 1.54) is 12.1 Å². The van der Waals surface area contributed by atoms with Crippen LogP contribution >= 0.6 is 0 Å². The summed E-state index contributed by atoms with van der Waals surface area (Å²) in [5, 5.41) is 6.54. The molecule has 1 fully saturated rings. The van der Waals surface area contributed by atoms with E-state index in [9.17, 15) is 17.6 Å². The molecule has 0 bridgehead atoms. The fourth-order valence-corrected chi connectivity index (χ4v) is 2.86. The Bertz CT molecular complexity index is 755. The minimum absolute atomic E-state index is 0.0496. The summed E-state index contributed by atoms with van der Waals surface area (Å²) in [4.78, 5) is 0. The summed E-state index contributed by atoms with van der Waals surface area (Å²) in [7, 11) is 0. The van der Waals surface area contributed by atoms with Crippen molar-refractivity contribution >= 4 is 5.69 Å². The van der Waals surface area contributed by atoms with Crippen LogP contribution in [0.4, 0.5) is 23.2 Å². The van der Waals surface area contributed by atoms with E-state index in [1.54, 1.807) is 18.2 Å². The van der Waals surface area contributed by atoms with Crippen LogP contribution in [0.15, 0.2) is 72.0 Å². The zero-order valence-corrected chi connectivity index (χ0v) is 15.5. The van der Waals surface area contributed by atoms with Gasteiger partial charge in [-0.3, -0.25) is 0 Å². The minimum atomic E-state index is -4.47. The lowest BCUT2D eigenvalue weighted by atomic mass is 9.93. The van der Waals surface area contributed by atoms with E-state index in [0.717, 1.165) is 30.4 Å². The number of anilines is 1. The van der Waals surface area contributed by atoms with Gasteiger partial charge in [-0.2, -0.15) is 13.2 Å². The number of nitrogens with one attached hydrogen (secondary N) is 2. The highest BCUT2D eigenvalue weighted by atomic mass is 19.4. The highest BCUT2D eigenvalue weighted by Gasteiger charge is 2.31. The lowest BCUT2D eigenvalue weighted by molar-refractivity contribution is -0.0878. The molecule has 0 aliphatic carbocycles. The van der Waals surface area contributed by atoms with Gasteiger partial charge in [0.15, 0.2) is 0 Å². The molecule has 0 radical (unpaired) electrons. The molecule has 1 atom stereocenters. The summed E-state index contributed by atoms with van der Waals surface area (Å²) >= 11 is 0. The van der Waals surface area contributed by atoms with Crippen LogP contribution in [0.25, 0.3) is 0 Å². The molecular formula is C21H24F4N2. The smallest absolute Gasteiger partial charge is 0.387 e. The second kappa shape index (κ2) is 8.46. The summed E-state index contributed by atoms with van der Waals surface area (Å²) < 4.78 is 51.6. The maximum Gasteiger partial charge on any atom is 0.415 e. The first-order valence-electron chi connectivity index (χ1n) is 8.72. The molecule has 2 N–H and O–H groups in total. The highest BCUT2D eigenvalue weighted by Crippen LogP contribution is 2.30. The van der Waals surface area contributed by atoms with Crippen LogP contribution in [-0.2, 0) is 0 Å². The van der Waals surface area contributed by atoms with Crippen LogP contribution in [-0.4, -0.2) is 18.8 Å². The monoisotopic (exact) mass is 380 g/mol. The summed E-state index contributed by atoms with van der Waals surface area (Å²) in [6.45, 7) is 11.4. The highest BCUT2D eigenvalue weighted by molar-refractivity contribution is 5.49. The van der Waals surface area contributed by atoms with Crippen LogP contribution in [0.1, 0.15) is 20.3 Å². The Balaban J connectivity index is 2.20. The van der Waals surface area contributed by atoms with Gasteiger partial charge in [0, 0.05) is 23.5 Å². The number of benzene rings is 1. The third-order valence-electron chi connectivity index (χ3n) is 4.34. The Labute approximate surface area is 157 Å². The van der Waals surface area contributed by atoms with Crippen LogP contribution in [0.3, 0.4) is 0 Å². The Kier molecular flexibility index (Phi) is 6.52. The quantitative estimate of drug-likeness (QED) is 0.486. The lowest BCUT2D eigenvalue weighted by Gasteiger charge is -2.18. The van der Waals surface area contributed by atoms with Crippen molar-refractivity contribution in [3.63, 3.8) is 0 Å². The first-order chi connectivity index (χ1) is 12.6. The second-order valence-corrected chi connectivity index (χ2v) is 6.82. The molecule has 146 valence electrons. The standard InChI is InChI=1S/C21H24F4N2/c1-13(2)18(12-15(4)21(23,24)25)14(3)11-20-19(9-10-26-20)27-17-7-5-16(22)6-8-17/h5-8,11-13,19,26-27H,3-4,9-10H2,1-2H3/b18-12+,20-11-. The first-order valence-corrected chi connectivity index (χ1v) is 8.72. The van der Waals surface area contributed by atoms with Gasteiger partial charge in [-0.25, -0.2) is 4.39 Å². The minimum Gasteiger partial charge on any atom is -0.387 e. The summed E-state index contributed by atoms with van der Waals surface area (Å²) in [6.07, 6.45) is -0.844. The Morgan fingerprint density at radius 3 is 2.41 bits per heavy atom. The molecule has 1 saturated heterocycles. The maximum atomic E-state index is 13.0. The fourth-order valence-electron chi connectivity index (χ4n) is 2.86. The number of allylic oxidation sites excluding steroid dienone is 5. The van der Waals surface area contributed by atoms with Gasteiger partial charge in [0.05, 0.1) is 6.04 Å². The van der Waals surface area contributed by atoms with Gasteiger partial charge in [-0.1, -0.05) is 27.0 Å². The molecule has 1 aliphatic rings. The third kappa shape index (κ3) is 5.74. The summed E-state index contributed by atoms with van der Waals surface area (Å²) in [5.41, 5.74) is 1.70. The maximum absolute atomic E-state index is 13.0. The molecule has 1 unspecified atom stereocenters. The molecule has 1 heterocycles. The fraction of sp³-hybridized carbons (Fsp3) is 0.333. The number of hydrogen-bond donors (Lipinski definition) is 2. The number of halogens is 4. The molecule has 2 rings (SSSR count). The molecule has 27 heavy (non-hydrogen) atoms. The lowest BCUT2D eigenvalue weighted by Crippen LogP contribution is -2.20. The van der Waals surface area contributed by atoms with E-state index < -0.39 is 11.7 Å². The summed E-state index contributed by atoms with van der Waals surface area (Å²) in [5.74, 6) is -0.454. The molecule has 0 amide bonds. The number of alkyl halides is 3. The molecule has 0 spiro atoms. The first kappa shape index (κ1) is 20.8. The van der Waals surface area contributed by atoms with Gasteiger partial charge in [0.25, 0.3) is 0 Å². The molecule has 0 aromatic heterocycles. The van der Waals surface area contributed by atoms with Crippen molar-refractivity contribution in [3.05, 3.63) is 77.8 Å². The van der Waals surface area contributed by atoms with Crippen LogP contribution in [0.2, 0.25) is 0 Å². The predicted molar refractivity (Wildman–Crippen MR) is 102 cm³/mol. The van der Waals surface area contributed by atoms with E-state index in [4.69, 9.17) is 0 Å². The topological polar surface area (TPSA) is 24.1 Å². The summed E-state index contributed by atoms with van der Waals surface area (Å²) in [6, 6.07) is 5.98. The van der Waals surface area contributed by atoms with Gasteiger partial charge in [-0.05, 0) is 59.9 Å². The van der Waals surface area contributed by atoms with Gasteiger partial charge >= 0.3 is 6.18 Å². The molecule has 2 nitrogen and oxygen atoms in total. The average molecular weight is 380 g/mol. The van der Waals surface area contributed by atoms with Crippen LogP contribution in [0, 0.1) is 11.7 Å². The third-order valence-corrected chi connectivity index (χ3v) is 4.34. The molecule has 1 aromatic carbocycles. The van der Waals surface area contributed by atoms with E-state index in [2.05, 4.69) is 23.8 Å². The van der Waals surface area contributed by atoms with Gasteiger partial charge < -0.3 is 10.6 Å². The van der Waals surface area contributed by atoms with Crippen molar-refractivity contribution in [2.75, 3.05) is 11.9 Å². The van der Waals surface area contributed by atoms with Crippen molar-refractivity contribution in [2.45, 2.75) is 32.5 Å². The Hall–Kier alpha value is -2.50. The Morgan fingerprint density at radius 2 is 1.85 bits per heavy atom. The van der Waals surface area contributed by atoms with Crippen molar-refractivity contribution in [3.8, 4) is 0 Å². The van der Waals surface area contributed by atoms with Gasteiger partial charge in [-0.15, -0.1) is 0 Å². The van der Waals surface area contributed by atoms with Gasteiger partial charge in [0.2, 0.25) is 0 Å². The second-order valence-electron chi connectivity index (χ2n) is 6.82. The van der Waals surface area contributed by atoms with E-state index in [-0.39, 0.29) is 17.8 Å². The number of hydrogen-bond acceptors (Lipinski definition) is 2. The van der Waals surface area contributed by atoms with Crippen molar-refractivity contribution in [1.82, 2.24) is 5.32 Å². The predicted octanol–water partition coefficient (Wildman–Crippen LogP) is 5.74. The van der Waals surface area contributed by atoms with Crippen molar-refractivity contribution in [2.24, 2.45) is 5.92 Å². The molecular weight excluding hydrogens is 356 g/mol. The average Bonchev–Trinajstić information content (AvgIpc) is 2.99. The van der Waals surface area contributed by atoms with E-state index in [1.807, 2.05) is 13.8 Å². The van der Waals surface area contributed by atoms with E-state index in [0.29, 0.717) is 11.1 Å². The normalized spacial score (nSPS) is 19.3. The Morgan fingerprint density at radius 1 is 1.22 bits per heavy atom. The van der Waals surface area contributed by atoms with E-state index >= 15 is 0 Å². The molecule has 1 aliphatic heterocycles. The SMILES string of the molecule is C=C(/C=C1\NCCC1Nc1ccc(F)cc1)/C(=C/C(=C)C(F)(F)F)C(C)C. The number of rotatable bonds is 6. The zero-order chi connectivity index (χ0) is 20.2. The van der Waals surface area contributed by atoms with Gasteiger partial charge in [0.1, 0.15) is 5.82 Å². The van der Waals surface area contributed by atoms with Crippen molar-refractivity contribution in [1.29, 1.82) is 0 Å². The van der Waals surface area contributed by atoms with Crippen molar-refractivity contribution < 1.29 is 17.6 Å². The zero-order valence-electron chi connectivity index (χ0n) is 15.5. The molecule has 0 saturated carbocycles. The van der Waals surface area contributed by atoms with Crippen LogP contribution < -0.4 is 10.6 Å². The molecule has 6 heteroatoms.